The third-order valence-electron chi connectivity index (χ3n) is 1.81. The highest BCUT2D eigenvalue weighted by atomic mass is 19.4. The van der Waals surface area contributed by atoms with Crippen molar-refractivity contribution in [3.8, 4) is 0 Å². The first-order valence-electron chi connectivity index (χ1n) is 3.81. The Kier molecular flexibility index (Phi) is 3.13. The van der Waals surface area contributed by atoms with Gasteiger partial charge in [-0.1, -0.05) is 0 Å². The number of nitrogens with two attached hydrogens (primary N) is 1. The smallest absolute Gasteiger partial charge is 0.316 e. The number of alkyl halides is 3. The molecule has 8 heteroatoms. The molecule has 1 atom stereocenters. The lowest BCUT2D eigenvalue weighted by molar-refractivity contribution is -0.150. The molecule has 2 N–H and O–H groups in total. The van der Waals surface area contributed by atoms with E-state index in [0.29, 0.717) is 0 Å². The molecule has 0 heterocycles. The molecule has 1 nitrogen and oxygen atoms in total. The van der Waals surface area contributed by atoms with E-state index in [1.807, 2.05) is 0 Å². The van der Waals surface area contributed by atoms with Gasteiger partial charge in [0.05, 0.1) is 5.56 Å². The third-order valence-corrected chi connectivity index (χ3v) is 1.81. The van der Waals surface area contributed by atoms with Crippen LogP contribution in [0.15, 0.2) is 6.07 Å². The lowest BCUT2D eigenvalue weighted by Gasteiger charge is -2.17. The van der Waals surface area contributed by atoms with Crippen LogP contribution in [-0.4, -0.2) is 6.18 Å². The first kappa shape index (κ1) is 12.8. The van der Waals surface area contributed by atoms with E-state index in [-0.39, 0.29) is 6.07 Å². The highest BCUT2D eigenvalue weighted by Crippen LogP contribution is 2.34. The monoisotopic (exact) mass is 247 g/mol. The Morgan fingerprint density at radius 1 is 0.938 bits per heavy atom. The maximum atomic E-state index is 12.9. The molecule has 0 amide bonds. The van der Waals surface area contributed by atoms with Crippen molar-refractivity contribution >= 4 is 0 Å². The largest absolute Gasteiger partial charge is 0.407 e. The van der Waals surface area contributed by atoms with Gasteiger partial charge in [0.25, 0.3) is 0 Å². The Morgan fingerprint density at radius 3 is 1.62 bits per heavy atom. The molecule has 0 spiro atoms. The van der Waals surface area contributed by atoms with E-state index in [2.05, 4.69) is 5.73 Å². The van der Waals surface area contributed by atoms with Gasteiger partial charge in [0, 0.05) is 6.07 Å². The van der Waals surface area contributed by atoms with Gasteiger partial charge in [-0.2, -0.15) is 13.2 Å². The number of benzene rings is 1. The number of rotatable bonds is 1. The minimum absolute atomic E-state index is 0.197. The normalized spacial score (nSPS) is 14.0. The lowest BCUT2D eigenvalue weighted by atomic mass is 10.1. The Hall–Kier alpha value is -1.31. The average Bonchev–Trinajstić information content (AvgIpc) is 2.13. The molecule has 16 heavy (non-hydrogen) atoms. The fraction of sp³-hybridized carbons (Fsp3) is 0.250. The second-order valence-corrected chi connectivity index (χ2v) is 2.90. The standard InChI is InChI=1S/C8H4F7N/c9-2-1-3(10)6(12)4(5(2)11)7(16)8(13,14)15/h1,7H,16H2. The molecule has 0 saturated carbocycles. The second-order valence-electron chi connectivity index (χ2n) is 2.90. The molecule has 90 valence electrons. The molecule has 0 aliphatic rings. The van der Waals surface area contributed by atoms with Crippen LogP contribution in [0.3, 0.4) is 0 Å². The molecule has 0 aromatic heterocycles. The van der Waals surface area contributed by atoms with Crippen LogP contribution in [0.1, 0.15) is 11.6 Å². The molecule has 0 bridgehead atoms. The molecule has 0 fully saturated rings. The van der Waals surface area contributed by atoms with Gasteiger partial charge >= 0.3 is 6.18 Å². The van der Waals surface area contributed by atoms with Crippen molar-refractivity contribution in [2.75, 3.05) is 0 Å². The van der Waals surface area contributed by atoms with Crippen molar-refractivity contribution in [3.63, 3.8) is 0 Å². The summed E-state index contributed by atoms with van der Waals surface area (Å²) in [5.74, 6) is -8.17. The van der Waals surface area contributed by atoms with Crippen molar-refractivity contribution in [1.29, 1.82) is 0 Å². The SMILES string of the molecule is NC(c1c(F)c(F)cc(F)c1F)C(F)(F)F. The Bertz CT molecular complexity index is 386. The maximum absolute atomic E-state index is 12.9. The van der Waals surface area contributed by atoms with Gasteiger partial charge in [0.15, 0.2) is 23.3 Å². The zero-order valence-corrected chi connectivity index (χ0v) is 7.38. The van der Waals surface area contributed by atoms with Crippen molar-refractivity contribution in [2.24, 2.45) is 5.73 Å². The summed E-state index contributed by atoms with van der Waals surface area (Å²) in [4.78, 5) is 0. The molecule has 1 unspecified atom stereocenters. The summed E-state index contributed by atoms with van der Waals surface area (Å²) in [7, 11) is 0. The van der Waals surface area contributed by atoms with Gasteiger partial charge < -0.3 is 5.73 Å². The summed E-state index contributed by atoms with van der Waals surface area (Å²) < 4.78 is 87.0. The fourth-order valence-corrected chi connectivity index (χ4v) is 1.03. The topological polar surface area (TPSA) is 26.0 Å². The predicted molar refractivity (Wildman–Crippen MR) is 39.3 cm³/mol. The molecular weight excluding hydrogens is 243 g/mol. The molecule has 0 radical (unpaired) electrons. The van der Waals surface area contributed by atoms with Crippen LogP contribution >= 0.6 is 0 Å². The predicted octanol–water partition coefficient (Wildman–Crippen LogP) is 2.81. The number of halogens is 7. The molecule has 1 aromatic carbocycles. The van der Waals surface area contributed by atoms with E-state index in [0.717, 1.165) is 0 Å². The van der Waals surface area contributed by atoms with Crippen LogP contribution in [-0.2, 0) is 0 Å². The van der Waals surface area contributed by atoms with Crippen LogP contribution in [0.5, 0.6) is 0 Å². The summed E-state index contributed by atoms with van der Waals surface area (Å²) >= 11 is 0. The van der Waals surface area contributed by atoms with Crippen LogP contribution < -0.4 is 5.73 Å². The fourth-order valence-electron chi connectivity index (χ4n) is 1.03. The average molecular weight is 247 g/mol. The summed E-state index contributed by atoms with van der Waals surface area (Å²) in [6, 6.07) is -3.32. The molecule has 1 rings (SSSR count). The van der Waals surface area contributed by atoms with Crippen LogP contribution in [0.25, 0.3) is 0 Å². The lowest BCUT2D eigenvalue weighted by Crippen LogP contribution is -2.31. The number of hydrogen-bond donors (Lipinski definition) is 1. The first-order chi connectivity index (χ1) is 7.16. The summed E-state index contributed by atoms with van der Waals surface area (Å²) in [6.45, 7) is 0. The first-order valence-corrected chi connectivity index (χ1v) is 3.81. The quantitative estimate of drug-likeness (QED) is 0.599. The van der Waals surface area contributed by atoms with Gasteiger partial charge in [-0.15, -0.1) is 0 Å². The summed E-state index contributed by atoms with van der Waals surface area (Å²) in [5.41, 5.74) is 2.60. The number of hydrogen-bond acceptors (Lipinski definition) is 1. The van der Waals surface area contributed by atoms with Crippen LogP contribution in [0.4, 0.5) is 30.7 Å². The molecular formula is C8H4F7N. The third kappa shape index (κ3) is 2.11. The summed E-state index contributed by atoms with van der Waals surface area (Å²) in [5, 5.41) is 0. The van der Waals surface area contributed by atoms with Gasteiger partial charge in [-0.3, -0.25) is 0 Å². The van der Waals surface area contributed by atoms with E-state index in [1.54, 1.807) is 0 Å². The minimum atomic E-state index is -5.21. The molecule has 0 saturated heterocycles. The second kappa shape index (κ2) is 3.93. The highest BCUT2D eigenvalue weighted by Gasteiger charge is 2.42. The van der Waals surface area contributed by atoms with Gasteiger partial charge in [0.1, 0.15) is 6.04 Å². The molecule has 0 aliphatic carbocycles. The van der Waals surface area contributed by atoms with Crippen LogP contribution in [0, 0.1) is 23.3 Å². The van der Waals surface area contributed by atoms with Crippen LogP contribution in [0.2, 0.25) is 0 Å². The van der Waals surface area contributed by atoms with Gasteiger partial charge in [0.2, 0.25) is 0 Å². The van der Waals surface area contributed by atoms with Crippen molar-refractivity contribution in [3.05, 3.63) is 34.9 Å². The zero-order chi connectivity index (χ0) is 12.7. The van der Waals surface area contributed by atoms with Gasteiger partial charge in [-0.05, 0) is 0 Å². The Balaban J connectivity index is 3.44. The van der Waals surface area contributed by atoms with Gasteiger partial charge in [-0.25, -0.2) is 17.6 Å². The van der Waals surface area contributed by atoms with E-state index in [4.69, 9.17) is 0 Å². The van der Waals surface area contributed by atoms with E-state index in [9.17, 15) is 30.7 Å². The van der Waals surface area contributed by atoms with E-state index >= 15 is 0 Å². The van der Waals surface area contributed by atoms with Crippen molar-refractivity contribution in [2.45, 2.75) is 12.2 Å². The molecule has 0 aliphatic heterocycles. The van der Waals surface area contributed by atoms with Crippen molar-refractivity contribution in [1.82, 2.24) is 0 Å². The van der Waals surface area contributed by atoms with Crippen molar-refractivity contribution < 1.29 is 30.7 Å². The zero-order valence-electron chi connectivity index (χ0n) is 7.38. The minimum Gasteiger partial charge on any atom is -0.316 e. The Labute approximate surface area is 84.7 Å². The van der Waals surface area contributed by atoms with E-state index < -0.39 is 41.1 Å². The summed E-state index contributed by atoms with van der Waals surface area (Å²) in [6.07, 6.45) is -5.21. The Morgan fingerprint density at radius 2 is 1.31 bits per heavy atom. The maximum Gasteiger partial charge on any atom is 0.407 e. The molecule has 1 aromatic rings. The highest BCUT2D eigenvalue weighted by molar-refractivity contribution is 5.26. The van der Waals surface area contributed by atoms with E-state index in [1.165, 1.54) is 0 Å².